The first kappa shape index (κ1) is 25.4. The minimum atomic E-state index is -0.155. The zero-order valence-electron chi connectivity index (χ0n) is 17.4. The van der Waals surface area contributed by atoms with E-state index >= 15 is 0 Å². The fraction of sp³-hybridized carbons (Fsp3) is 0.435. The first-order chi connectivity index (χ1) is 14.1. The van der Waals surface area contributed by atoms with Crippen molar-refractivity contribution in [3.63, 3.8) is 0 Å². The lowest BCUT2D eigenvalue weighted by Gasteiger charge is -2.40. The van der Waals surface area contributed by atoms with Crippen molar-refractivity contribution in [1.29, 1.82) is 0 Å². The molecule has 1 fully saturated rings. The van der Waals surface area contributed by atoms with Gasteiger partial charge in [-0.25, -0.2) is 0 Å². The first-order valence-corrected chi connectivity index (χ1v) is 10.8. The van der Waals surface area contributed by atoms with Crippen LogP contribution in [-0.2, 0) is 9.53 Å². The Kier molecular flexibility index (Phi) is 12.6. The Morgan fingerprint density at radius 3 is 2.14 bits per heavy atom. The Labute approximate surface area is 184 Å². The van der Waals surface area contributed by atoms with E-state index in [0.717, 1.165) is 23.4 Å². The molecule has 1 aliphatic heterocycles. The number of morpholine rings is 1. The van der Waals surface area contributed by atoms with Gasteiger partial charge in [-0.1, -0.05) is 80.7 Å². The quantitative estimate of drug-likeness (QED) is 0.643. The molecule has 1 amide bonds. The van der Waals surface area contributed by atoms with E-state index in [-0.39, 0.29) is 31.2 Å². The Balaban J connectivity index is 0.000000390. The van der Waals surface area contributed by atoms with Crippen molar-refractivity contribution in [2.24, 2.45) is 0 Å². The van der Waals surface area contributed by atoms with E-state index in [9.17, 15) is 9.90 Å². The van der Waals surface area contributed by atoms with Crippen LogP contribution in [0.3, 0.4) is 0 Å². The fourth-order valence-electron chi connectivity index (χ4n) is 3.05. The van der Waals surface area contributed by atoms with Gasteiger partial charge in [0.1, 0.15) is 6.61 Å². The lowest BCUT2D eigenvalue weighted by molar-refractivity contribution is -0.154. The van der Waals surface area contributed by atoms with Crippen molar-refractivity contribution in [1.82, 2.24) is 4.90 Å². The minimum Gasteiger partial charge on any atom is -0.394 e. The number of hydrogen-bond acceptors (Lipinski definition) is 3. The summed E-state index contributed by atoms with van der Waals surface area (Å²) in [5.74, 6) is -0.0660. The topological polar surface area (TPSA) is 49.8 Å². The minimum absolute atomic E-state index is 0.0241. The Bertz CT molecular complexity index is 695. The molecule has 0 aliphatic carbocycles. The van der Waals surface area contributed by atoms with Crippen molar-refractivity contribution < 1.29 is 14.6 Å². The molecule has 29 heavy (non-hydrogen) atoms. The summed E-state index contributed by atoms with van der Waals surface area (Å²) < 4.78 is 5.38. The number of carbonyl (C=O) groups is 1. The molecular formula is C23H31Cl2NO3. The number of ether oxygens (including phenoxy) is 1. The van der Waals surface area contributed by atoms with E-state index < -0.39 is 0 Å². The maximum Gasteiger partial charge on any atom is 0.249 e. The lowest BCUT2D eigenvalue weighted by atomic mass is 10.0. The fourth-order valence-corrected chi connectivity index (χ4v) is 3.32. The number of rotatable bonds is 5. The number of benzene rings is 2. The third-order valence-electron chi connectivity index (χ3n) is 4.34. The van der Waals surface area contributed by atoms with Crippen LogP contribution in [0.15, 0.2) is 54.6 Å². The molecule has 3 rings (SSSR count). The second kappa shape index (κ2) is 14.4. The van der Waals surface area contributed by atoms with Crippen LogP contribution in [0.25, 0.3) is 0 Å². The highest BCUT2D eigenvalue weighted by atomic mass is 35.5. The standard InChI is InChI=1S/C15H20ClNO3.C6H5Cl.C2H6/c1-2-3-13(8-18)17-14(9-20-10-15(17)19)11-4-6-12(16)7-5-11;7-6-4-2-1-3-5-6;1-2/h4-7,13-14,18H,2-3,8-10H2,1H3;1-5H;1-2H3/t13?,14-;;/m0../s1. The number of halogens is 2. The van der Waals surface area contributed by atoms with Crippen molar-refractivity contribution in [2.75, 3.05) is 19.8 Å². The maximum absolute atomic E-state index is 12.2. The van der Waals surface area contributed by atoms with Gasteiger partial charge in [0, 0.05) is 10.0 Å². The van der Waals surface area contributed by atoms with E-state index in [1.165, 1.54) is 0 Å². The molecular weight excluding hydrogens is 409 g/mol. The van der Waals surface area contributed by atoms with Crippen LogP contribution in [0, 0.1) is 0 Å². The predicted molar refractivity (Wildman–Crippen MR) is 120 cm³/mol. The van der Waals surface area contributed by atoms with Gasteiger partial charge in [-0.3, -0.25) is 4.79 Å². The van der Waals surface area contributed by atoms with Crippen molar-refractivity contribution >= 4 is 29.1 Å². The van der Waals surface area contributed by atoms with Gasteiger partial charge in [0.25, 0.3) is 0 Å². The number of amides is 1. The maximum atomic E-state index is 12.2. The average molecular weight is 440 g/mol. The van der Waals surface area contributed by atoms with Gasteiger partial charge in [-0.05, 0) is 36.2 Å². The monoisotopic (exact) mass is 439 g/mol. The normalized spacial score (nSPS) is 16.8. The summed E-state index contributed by atoms with van der Waals surface area (Å²) in [4.78, 5) is 14.0. The number of aliphatic hydroxyl groups is 1. The summed E-state index contributed by atoms with van der Waals surface area (Å²) in [7, 11) is 0. The van der Waals surface area contributed by atoms with E-state index in [4.69, 9.17) is 27.9 Å². The van der Waals surface area contributed by atoms with E-state index in [2.05, 4.69) is 0 Å². The van der Waals surface area contributed by atoms with Gasteiger partial charge in [-0.2, -0.15) is 0 Å². The average Bonchev–Trinajstić information content (AvgIpc) is 2.75. The molecule has 2 atom stereocenters. The second-order valence-corrected chi connectivity index (χ2v) is 7.18. The molecule has 1 N–H and O–H groups in total. The largest absolute Gasteiger partial charge is 0.394 e. The summed E-state index contributed by atoms with van der Waals surface area (Å²) >= 11 is 11.4. The molecule has 0 aromatic heterocycles. The second-order valence-electron chi connectivity index (χ2n) is 6.30. The van der Waals surface area contributed by atoms with Crippen LogP contribution in [0.5, 0.6) is 0 Å². The zero-order valence-corrected chi connectivity index (χ0v) is 18.9. The molecule has 0 saturated carbocycles. The SMILES string of the molecule is CC.CCCC(CO)N1C(=O)COC[C@H]1c1ccc(Cl)cc1.Clc1ccccc1. The number of hydrogen-bond donors (Lipinski definition) is 1. The smallest absolute Gasteiger partial charge is 0.249 e. The highest BCUT2D eigenvalue weighted by molar-refractivity contribution is 6.30. The molecule has 1 aliphatic rings. The van der Waals surface area contributed by atoms with Crippen molar-refractivity contribution in [3.8, 4) is 0 Å². The highest BCUT2D eigenvalue weighted by Crippen LogP contribution is 2.29. The lowest BCUT2D eigenvalue weighted by Crippen LogP contribution is -2.51. The summed E-state index contributed by atoms with van der Waals surface area (Å²) in [6, 6.07) is 16.6. The summed E-state index contributed by atoms with van der Waals surface area (Å²) in [5.41, 5.74) is 0.983. The van der Waals surface area contributed by atoms with E-state index in [1.54, 1.807) is 4.90 Å². The molecule has 0 radical (unpaired) electrons. The molecule has 1 unspecified atom stereocenters. The van der Waals surface area contributed by atoms with Crippen LogP contribution >= 0.6 is 23.2 Å². The van der Waals surface area contributed by atoms with Gasteiger partial charge < -0.3 is 14.7 Å². The van der Waals surface area contributed by atoms with Gasteiger partial charge >= 0.3 is 0 Å². The highest BCUT2D eigenvalue weighted by Gasteiger charge is 2.34. The summed E-state index contributed by atoms with van der Waals surface area (Å²) in [6.45, 7) is 6.56. The molecule has 0 bridgehead atoms. The Hall–Kier alpha value is -1.59. The number of nitrogens with zero attached hydrogens (tertiary/aromatic N) is 1. The van der Waals surface area contributed by atoms with Gasteiger partial charge in [0.05, 0.1) is 25.3 Å². The summed E-state index contributed by atoms with van der Waals surface area (Å²) in [5, 5.41) is 11.0. The van der Waals surface area contributed by atoms with Crippen LogP contribution in [0.2, 0.25) is 10.0 Å². The van der Waals surface area contributed by atoms with Crippen molar-refractivity contribution in [3.05, 3.63) is 70.2 Å². The Morgan fingerprint density at radius 2 is 1.66 bits per heavy atom. The third kappa shape index (κ3) is 8.35. The third-order valence-corrected chi connectivity index (χ3v) is 4.84. The number of aliphatic hydroxyl groups excluding tert-OH is 1. The molecule has 1 heterocycles. The van der Waals surface area contributed by atoms with Gasteiger partial charge in [0.15, 0.2) is 0 Å². The first-order valence-electron chi connectivity index (χ1n) is 10.0. The number of carbonyl (C=O) groups excluding carboxylic acids is 1. The molecule has 1 saturated heterocycles. The Morgan fingerprint density at radius 1 is 1.07 bits per heavy atom. The molecule has 160 valence electrons. The predicted octanol–water partition coefficient (Wildman–Crippen LogP) is 5.77. The van der Waals surface area contributed by atoms with Crippen LogP contribution in [0.1, 0.15) is 45.2 Å². The van der Waals surface area contributed by atoms with Gasteiger partial charge in [0.2, 0.25) is 5.91 Å². The molecule has 2 aromatic carbocycles. The van der Waals surface area contributed by atoms with Crippen LogP contribution in [-0.4, -0.2) is 41.8 Å². The van der Waals surface area contributed by atoms with Gasteiger partial charge in [-0.15, -0.1) is 0 Å². The summed E-state index contributed by atoms with van der Waals surface area (Å²) in [6.07, 6.45) is 1.70. The van der Waals surface area contributed by atoms with E-state index in [1.807, 2.05) is 75.4 Å². The van der Waals surface area contributed by atoms with Crippen LogP contribution in [0.4, 0.5) is 0 Å². The molecule has 0 spiro atoms. The van der Waals surface area contributed by atoms with Crippen LogP contribution < -0.4 is 0 Å². The molecule has 4 nitrogen and oxygen atoms in total. The molecule has 2 aromatic rings. The van der Waals surface area contributed by atoms with Crippen molar-refractivity contribution in [2.45, 2.75) is 45.7 Å². The molecule has 6 heteroatoms. The zero-order chi connectivity index (χ0) is 21.6. The van der Waals surface area contributed by atoms with E-state index in [0.29, 0.717) is 11.6 Å².